The molecule has 6 heteroatoms. The molecule has 1 aromatic rings. The van der Waals surface area contributed by atoms with Crippen molar-refractivity contribution in [3.05, 3.63) is 29.3 Å². The molecule has 108 valence electrons. The summed E-state index contributed by atoms with van der Waals surface area (Å²) in [5.74, 6) is 4.46. The van der Waals surface area contributed by atoms with Crippen molar-refractivity contribution in [3.8, 4) is 11.8 Å². The van der Waals surface area contributed by atoms with Crippen molar-refractivity contribution in [2.75, 3.05) is 23.9 Å². The fourth-order valence-corrected chi connectivity index (χ4v) is 2.06. The number of benzene rings is 1. The number of hydrogen-bond donors (Lipinski definition) is 2. The van der Waals surface area contributed by atoms with Gasteiger partial charge in [0.1, 0.15) is 5.75 Å². The second kappa shape index (κ2) is 7.08. The molecular weight excluding hydrogens is 278 g/mol. The molecule has 0 aliphatic carbocycles. The number of anilines is 1. The third kappa shape index (κ3) is 5.87. The Morgan fingerprint density at radius 2 is 2.10 bits per heavy atom. The quantitative estimate of drug-likeness (QED) is 0.801. The Hall–Kier alpha value is -1.84. The van der Waals surface area contributed by atoms with Crippen molar-refractivity contribution < 1.29 is 18.3 Å². The number of hydrogen-bond acceptors (Lipinski definition) is 4. The molecule has 0 saturated heterocycles. The van der Waals surface area contributed by atoms with E-state index in [1.165, 1.54) is 0 Å². The van der Waals surface area contributed by atoms with Crippen LogP contribution in [0.4, 0.5) is 5.69 Å². The van der Waals surface area contributed by atoms with E-state index in [4.69, 9.17) is 5.11 Å². The minimum atomic E-state index is -3.37. The van der Waals surface area contributed by atoms with Crippen LogP contribution in [-0.4, -0.2) is 38.0 Å². The van der Waals surface area contributed by atoms with E-state index < -0.39 is 21.5 Å². The zero-order valence-electron chi connectivity index (χ0n) is 11.4. The number of aliphatic hydroxyl groups is 1. The number of aryl methyl sites for hydroxylation is 1. The minimum Gasteiger partial charge on any atom is -0.395 e. The first-order valence-electron chi connectivity index (χ1n) is 6.00. The van der Waals surface area contributed by atoms with Gasteiger partial charge in [0.05, 0.1) is 12.3 Å². The summed E-state index contributed by atoms with van der Waals surface area (Å²) >= 11 is 0. The highest BCUT2D eigenvalue weighted by Crippen LogP contribution is 2.16. The summed E-state index contributed by atoms with van der Waals surface area (Å²) in [6.07, 6.45) is 1.34. The van der Waals surface area contributed by atoms with Crippen LogP contribution >= 0.6 is 0 Å². The summed E-state index contributed by atoms with van der Waals surface area (Å²) in [6.45, 7) is 1.86. The second-order valence-corrected chi connectivity index (χ2v) is 6.58. The summed E-state index contributed by atoms with van der Waals surface area (Å²) in [6, 6.07) is 5.27. The minimum absolute atomic E-state index is 0.0331. The van der Waals surface area contributed by atoms with Gasteiger partial charge in [-0.25, -0.2) is 8.42 Å². The van der Waals surface area contributed by atoms with Gasteiger partial charge < -0.3 is 10.4 Å². The molecule has 1 amide bonds. The monoisotopic (exact) mass is 295 g/mol. The molecule has 0 heterocycles. The Kier molecular flexibility index (Phi) is 5.74. The van der Waals surface area contributed by atoms with E-state index >= 15 is 0 Å². The number of amides is 1. The fourth-order valence-electron chi connectivity index (χ4n) is 1.51. The topological polar surface area (TPSA) is 83.5 Å². The number of rotatable bonds is 4. The average Bonchev–Trinajstić information content (AvgIpc) is 2.30. The highest BCUT2D eigenvalue weighted by Gasteiger charge is 2.12. The third-order valence-electron chi connectivity index (χ3n) is 2.30. The molecule has 20 heavy (non-hydrogen) atoms. The molecule has 1 rings (SSSR count). The molecule has 0 radical (unpaired) electrons. The second-order valence-electron chi connectivity index (χ2n) is 4.44. The summed E-state index contributed by atoms with van der Waals surface area (Å²) in [7, 11) is -3.37. The summed E-state index contributed by atoms with van der Waals surface area (Å²) < 4.78 is 22.1. The lowest BCUT2D eigenvalue weighted by molar-refractivity contribution is -0.113. The third-order valence-corrected chi connectivity index (χ3v) is 3.09. The smallest absolute Gasteiger partial charge is 0.239 e. The van der Waals surface area contributed by atoms with E-state index in [0.29, 0.717) is 17.7 Å². The molecule has 0 aromatic heterocycles. The molecule has 0 aliphatic heterocycles. The predicted molar refractivity (Wildman–Crippen MR) is 78.1 cm³/mol. The van der Waals surface area contributed by atoms with Gasteiger partial charge in [-0.1, -0.05) is 17.9 Å². The van der Waals surface area contributed by atoms with E-state index in [2.05, 4.69) is 17.2 Å². The molecule has 0 aliphatic rings. The molecule has 0 atom stereocenters. The largest absolute Gasteiger partial charge is 0.395 e. The van der Waals surface area contributed by atoms with Gasteiger partial charge in [0.15, 0.2) is 9.84 Å². The van der Waals surface area contributed by atoms with Crippen molar-refractivity contribution >= 4 is 21.4 Å². The number of carbonyl (C=O) groups is 1. The highest BCUT2D eigenvalue weighted by molar-refractivity contribution is 7.91. The van der Waals surface area contributed by atoms with Crippen molar-refractivity contribution in [2.45, 2.75) is 13.3 Å². The molecular formula is C14H17NO4S. The van der Waals surface area contributed by atoms with Crippen molar-refractivity contribution in [1.29, 1.82) is 0 Å². The standard InChI is InChI=1S/C14H17NO4S/c1-11-6-7-13(12(9-11)5-3-4-8-16)15-14(17)10-20(2,18)19/h6-7,9,16H,4,8,10H2,1-2H3,(H,15,17). The molecule has 1 aromatic carbocycles. The lowest BCUT2D eigenvalue weighted by Crippen LogP contribution is -2.22. The normalized spacial score (nSPS) is 10.6. The zero-order chi connectivity index (χ0) is 15.2. The van der Waals surface area contributed by atoms with Crippen molar-refractivity contribution in [1.82, 2.24) is 0 Å². The molecule has 0 unspecified atom stereocenters. The first-order valence-corrected chi connectivity index (χ1v) is 8.06. The van der Waals surface area contributed by atoms with Crippen LogP contribution in [0.15, 0.2) is 18.2 Å². The van der Waals surface area contributed by atoms with Gasteiger partial charge in [-0.2, -0.15) is 0 Å². The Morgan fingerprint density at radius 1 is 1.40 bits per heavy atom. The Balaban J connectivity index is 2.95. The van der Waals surface area contributed by atoms with E-state index in [1.807, 2.05) is 6.92 Å². The molecule has 0 spiro atoms. The average molecular weight is 295 g/mol. The lowest BCUT2D eigenvalue weighted by Gasteiger charge is -2.08. The van der Waals surface area contributed by atoms with E-state index in [0.717, 1.165) is 11.8 Å². The van der Waals surface area contributed by atoms with Gasteiger partial charge >= 0.3 is 0 Å². The van der Waals surface area contributed by atoms with Gasteiger partial charge in [0, 0.05) is 18.2 Å². The van der Waals surface area contributed by atoms with Crippen LogP contribution in [-0.2, 0) is 14.6 Å². The maximum Gasteiger partial charge on any atom is 0.239 e. The molecule has 0 bridgehead atoms. The lowest BCUT2D eigenvalue weighted by atomic mass is 10.1. The zero-order valence-corrected chi connectivity index (χ0v) is 12.3. The van der Waals surface area contributed by atoms with Crippen molar-refractivity contribution in [2.24, 2.45) is 0 Å². The van der Waals surface area contributed by atoms with Gasteiger partial charge in [-0.3, -0.25) is 4.79 Å². The summed E-state index contributed by atoms with van der Waals surface area (Å²) in [5, 5.41) is 11.2. The van der Waals surface area contributed by atoms with E-state index in [1.54, 1.807) is 18.2 Å². The van der Waals surface area contributed by atoms with Crippen LogP contribution < -0.4 is 5.32 Å². The highest BCUT2D eigenvalue weighted by atomic mass is 32.2. The number of aliphatic hydroxyl groups excluding tert-OH is 1. The summed E-state index contributed by atoms with van der Waals surface area (Å²) in [4.78, 5) is 11.6. The SMILES string of the molecule is Cc1ccc(NC(=O)CS(C)(=O)=O)c(C#CCCO)c1. The van der Waals surface area contributed by atoms with E-state index in [-0.39, 0.29) is 6.61 Å². The van der Waals surface area contributed by atoms with Gasteiger partial charge in [0.25, 0.3) is 0 Å². The van der Waals surface area contributed by atoms with Crippen LogP contribution in [0.25, 0.3) is 0 Å². The first-order chi connectivity index (χ1) is 9.31. The summed E-state index contributed by atoms with van der Waals surface area (Å²) in [5.41, 5.74) is 2.04. The van der Waals surface area contributed by atoms with Gasteiger partial charge in [-0.15, -0.1) is 0 Å². The van der Waals surface area contributed by atoms with Crippen LogP contribution in [0.2, 0.25) is 0 Å². The molecule has 2 N–H and O–H groups in total. The molecule has 0 fully saturated rings. The Bertz CT molecular complexity index is 653. The van der Waals surface area contributed by atoms with Gasteiger partial charge in [0.2, 0.25) is 5.91 Å². The molecule has 5 nitrogen and oxygen atoms in total. The number of nitrogens with one attached hydrogen (secondary N) is 1. The Morgan fingerprint density at radius 3 is 2.70 bits per heavy atom. The maximum atomic E-state index is 11.6. The van der Waals surface area contributed by atoms with Crippen LogP contribution in [0.3, 0.4) is 0 Å². The predicted octanol–water partition coefficient (Wildman–Crippen LogP) is 0.712. The first kappa shape index (κ1) is 16.2. The van der Waals surface area contributed by atoms with Gasteiger partial charge in [-0.05, 0) is 24.6 Å². The number of sulfone groups is 1. The maximum absolute atomic E-state index is 11.6. The molecule has 0 saturated carbocycles. The van der Waals surface area contributed by atoms with Crippen LogP contribution in [0.5, 0.6) is 0 Å². The van der Waals surface area contributed by atoms with Crippen LogP contribution in [0, 0.1) is 18.8 Å². The fraction of sp³-hybridized carbons (Fsp3) is 0.357. The van der Waals surface area contributed by atoms with Crippen LogP contribution in [0.1, 0.15) is 17.5 Å². The number of carbonyl (C=O) groups excluding carboxylic acids is 1. The van der Waals surface area contributed by atoms with E-state index in [9.17, 15) is 13.2 Å². The Labute approximate surface area is 118 Å². The van der Waals surface area contributed by atoms with Crippen molar-refractivity contribution in [3.63, 3.8) is 0 Å².